The number of fused-ring (bicyclic) bond motifs is 1. The molecule has 0 saturated heterocycles. The molecule has 0 radical (unpaired) electrons. The van der Waals surface area contributed by atoms with Crippen LogP contribution in [-0.4, -0.2) is 0 Å². The van der Waals surface area contributed by atoms with Crippen LogP contribution in [0.5, 0.6) is 0 Å². The molecule has 0 bridgehead atoms. The molecule has 0 aliphatic carbocycles. The van der Waals surface area contributed by atoms with Gasteiger partial charge in [0.2, 0.25) is 0 Å². The molecule has 0 aliphatic rings. The van der Waals surface area contributed by atoms with Crippen LogP contribution in [0.15, 0.2) is 35.1 Å². The molecule has 0 atom stereocenters. The minimum atomic E-state index is 0.610. The molecule has 13 heavy (non-hydrogen) atoms. The Morgan fingerprint density at radius 2 is 2.08 bits per heavy atom. The van der Waals surface area contributed by atoms with Gasteiger partial charge in [-0.2, -0.15) is 4.73 Å². The average molecular weight is 259 g/mol. The van der Waals surface area contributed by atoms with Gasteiger partial charge in [0.1, 0.15) is 0 Å². The molecular formula is C9H5BrClNO. The molecule has 0 amide bonds. The van der Waals surface area contributed by atoms with Gasteiger partial charge < -0.3 is 5.21 Å². The molecule has 4 heteroatoms. The maximum Gasteiger partial charge on any atom is 0.188 e. The van der Waals surface area contributed by atoms with Crippen molar-refractivity contribution in [2.75, 3.05) is 0 Å². The van der Waals surface area contributed by atoms with Crippen molar-refractivity contribution in [1.82, 2.24) is 0 Å². The maximum absolute atomic E-state index is 10.9. The molecule has 1 aromatic carbocycles. The van der Waals surface area contributed by atoms with Crippen LogP contribution < -0.4 is 4.73 Å². The predicted molar refractivity (Wildman–Crippen MR) is 55.6 cm³/mol. The molecule has 2 aromatic rings. The lowest BCUT2D eigenvalue weighted by Gasteiger charge is -2.00. The van der Waals surface area contributed by atoms with E-state index in [0.29, 0.717) is 5.02 Å². The summed E-state index contributed by atoms with van der Waals surface area (Å²) in [4.78, 5) is 0. The smallest absolute Gasteiger partial charge is 0.188 e. The van der Waals surface area contributed by atoms with Crippen LogP contribution in [0.1, 0.15) is 0 Å². The number of pyridine rings is 1. The third-order valence-corrected chi connectivity index (χ3v) is 2.99. The minimum absolute atomic E-state index is 0.610. The molecular weight excluding hydrogens is 253 g/mol. The van der Waals surface area contributed by atoms with Crippen molar-refractivity contribution in [2.24, 2.45) is 0 Å². The van der Waals surface area contributed by atoms with E-state index >= 15 is 0 Å². The highest BCUT2D eigenvalue weighted by Crippen LogP contribution is 2.27. The standard InChI is InChI=1S/C9H5BrClNO/c10-8-3-6-1-2-12(13)5-7(6)4-9(8)11/h1-5H. The highest BCUT2D eigenvalue weighted by Gasteiger charge is 2.02. The van der Waals surface area contributed by atoms with Crippen molar-refractivity contribution in [3.05, 3.63) is 45.3 Å². The lowest BCUT2D eigenvalue weighted by atomic mass is 10.2. The van der Waals surface area contributed by atoms with Gasteiger partial charge in [-0.05, 0) is 33.4 Å². The maximum atomic E-state index is 10.9. The van der Waals surface area contributed by atoms with Crippen LogP contribution in [0, 0.1) is 5.21 Å². The second kappa shape index (κ2) is 3.16. The van der Waals surface area contributed by atoms with Crippen molar-refractivity contribution < 1.29 is 4.73 Å². The Balaban J connectivity index is 2.81. The molecule has 1 heterocycles. The Morgan fingerprint density at radius 1 is 1.31 bits per heavy atom. The van der Waals surface area contributed by atoms with Gasteiger partial charge in [-0.25, -0.2) is 0 Å². The summed E-state index contributed by atoms with van der Waals surface area (Å²) in [6, 6.07) is 5.40. The summed E-state index contributed by atoms with van der Waals surface area (Å²) in [5, 5.41) is 13.4. The van der Waals surface area contributed by atoms with Gasteiger partial charge in [0.05, 0.1) is 5.02 Å². The summed E-state index contributed by atoms with van der Waals surface area (Å²) in [5.74, 6) is 0. The largest absolute Gasteiger partial charge is 0.619 e. The Bertz CT molecular complexity index is 472. The first-order chi connectivity index (χ1) is 6.16. The molecule has 0 spiro atoms. The highest BCUT2D eigenvalue weighted by atomic mass is 79.9. The van der Waals surface area contributed by atoms with E-state index in [1.807, 2.05) is 6.07 Å². The third kappa shape index (κ3) is 1.62. The summed E-state index contributed by atoms with van der Waals surface area (Å²) < 4.78 is 1.59. The summed E-state index contributed by atoms with van der Waals surface area (Å²) in [6.45, 7) is 0. The summed E-state index contributed by atoms with van der Waals surface area (Å²) in [5.41, 5.74) is 0. The normalized spacial score (nSPS) is 10.6. The Kier molecular flexibility index (Phi) is 2.14. The number of benzene rings is 1. The molecule has 2 rings (SSSR count). The second-order valence-corrected chi connectivity index (χ2v) is 3.96. The summed E-state index contributed by atoms with van der Waals surface area (Å²) in [6.07, 6.45) is 2.95. The molecule has 0 saturated carbocycles. The number of rotatable bonds is 0. The van der Waals surface area contributed by atoms with Crippen LogP contribution in [0.2, 0.25) is 5.02 Å². The van der Waals surface area contributed by atoms with E-state index < -0.39 is 0 Å². The van der Waals surface area contributed by atoms with Crippen molar-refractivity contribution in [3.63, 3.8) is 0 Å². The second-order valence-electron chi connectivity index (χ2n) is 2.70. The predicted octanol–water partition coefficient (Wildman–Crippen LogP) is 2.89. The van der Waals surface area contributed by atoms with E-state index in [2.05, 4.69) is 15.9 Å². The first-order valence-electron chi connectivity index (χ1n) is 3.64. The van der Waals surface area contributed by atoms with Gasteiger partial charge in [-0.1, -0.05) is 11.6 Å². The van der Waals surface area contributed by atoms with Gasteiger partial charge in [0.25, 0.3) is 0 Å². The molecule has 0 unspecified atom stereocenters. The van der Waals surface area contributed by atoms with Crippen molar-refractivity contribution in [3.8, 4) is 0 Å². The van der Waals surface area contributed by atoms with E-state index in [9.17, 15) is 5.21 Å². The third-order valence-electron chi connectivity index (χ3n) is 1.79. The molecule has 2 nitrogen and oxygen atoms in total. The number of hydrogen-bond donors (Lipinski definition) is 0. The van der Waals surface area contributed by atoms with Crippen LogP contribution in [0.25, 0.3) is 10.8 Å². The zero-order valence-corrected chi connectivity index (χ0v) is 8.84. The number of aromatic nitrogens is 1. The Hall–Kier alpha value is -0.800. The lowest BCUT2D eigenvalue weighted by Crippen LogP contribution is -2.23. The number of nitrogens with zero attached hydrogens (tertiary/aromatic N) is 1. The van der Waals surface area contributed by atoms with E-state index in [1.54, 1.807) is 12.1 Å². The quantitative estimate of drug-likeness (QED) is 0.527. The van der Waals surface area contributed by atoms with Gasteiger partial charge in [-0.15, -0.1) is 0 Å². The highest BCUT2D eigenvalue weighted by molar-refractivity contribution is 9.10. The van der Waals surface area contributed by atoms with Crippen LogP contribution in [0.4, 0.5) is 0 Å². The minimum Gasteiger partial charge on any atom is -0.619 e. The van der Waals surface area contributed by atoms with Gasteiger partial charge >= 0.3 is 0 Å². The fourth-order valence-corrected chi connectivity index (χ4v) is 1.70. The average Bonchev–Trinajstić information content (AvgIpc) is 2.08. The monoisotopic (exact) mass is 257 g/mol. The SMILES string of the molecule is [O-][n+]1ccc2cc(Br)c(Cl)cc2c1. The van der Waals surface area contributed by atoms with E-state index in [1.165, 1.54) is 12.4 Å². The Morgan fingerprint density at radius 3 is 2.85 bits per heavy atom. The fourth-order valence-electron chi connectivity index (χ4n) is 1.17. The molecule has 0 N–H and O–H groups in total. The number of hydrogen-bond acceptors (Lipinski definition) is 1. The van der Waals surface area contributed by atoms with Gasteiger partial charge in [-0.3, -0.25) is 0 Å². The van der Waals surface area contributed by atoms with Crippen molar-refractivity contribution in [1.29, 1.82) is 0 Å². The zero-order chi connectivity index (χ0) is 9.42. The summed E-state index contributed by atoms with van der Waals surface area (Å²) in [7, 11) is 0. The topological polar surface area (TPSA) is 26.9 Å². The molecule has 0 fully saturated rings. The van der Waals surface area contributed by atoms with Crippen LogP contribution in [-0.2, 0) is 0 Å². The van der Waals surface area contributed by atoms with E-state index in [4.69, 9.17) is 11.6 Å². The molecule has 66 valence electrons. The Labute approximate surface area is 88.5 Å². The van der Waals surface area contributed by atoms with E-state index in [0.717, 1.165) is 20.0 Å². The zero-order valence-electron chi connectivity index (χ0n) is 6.50. The van der Waals surface area contributed by atoms with Crippen molar-refractivity contribution >= 4 is 38.3 Å². The van der Waals surface area contributed by atoms with Crippen LogP contribution >= 0.6 is 27.5 Å². The van der Waals surface area contributed by atoms with Crippen molar-refractivity contribution in [2.45, 2.75) is 0 Å². The number of halogens is 2. The first kappa shape index (κ1) is 8.78. The summed E-state index contributed by atoms with van der Waals surface area (Å²) >= 11 is 9.20. The van der Waals surface area contributed by atoms with Gasteiger partial charge in [0.15, 0.2) is 12.4 Å². The fraction of sp³-hybridized carbons (Fsp3) is 0. The molecule has 0 aliphatic heterocycles. The van der Waals surface area contributed by atoms with E-state index in [-0.39, 0.29) is 0 Å². The molecule has 1 aromatic heterocycles. The lowest BCUT2D eigenvalue weighted by molar-refractivity contribution is -0.603. The first-order valence-corrected chi connectivity index (χ1v) is 4.81. The van der Waals surface area contributed by atoms with Crippen LogP contribution in [0.3, 0.4) is 0 Å². The van der Waals surface area contributed by atoms with Gasteiger partial charge in [0, 0.05) is 15.9 Å².